The maximum absolute atomic E-state index is 5.99. The van der Waals surface area contributed by atoms with Crippen molar-refractivity contribution >= 4 is 0 Å². The van der Waals surface area contributed by atoms with Crippen LogP contribution in [0.3, 0.4) is 0 Å². The molecule has 0 radical (unpaired) electrons. The van der Waals surface area contributed by atoms with Crippen molar-refractivity contribution in [3.8, 4) is 11.5 Å². The summed E-state index contributed by atoms with van der Waals surface area (Å²) in [5.41, 5.74) is 1.32. The number of hydrogen-bond donors (Lipinski definition) is 0. The second-order valence-corrected chi connectivity index (χ2v) is 8.00. The summed E-state index contributed by atoms with van der Waals surface area (Å²) >= 11 is 0. The predicted octanol–water partition coefficient (Wildman–Crippen LogP) is 6.59. The molecule has 1 saturated heterocycles. The van der Waals surface area contributed by atoms with E-state index in [1.54, 1.807) is 7.11 Å². The van der Waals surface area contributed by atoms with E-state index >= 15 is 0 Å². The molecule has 1 aliphatic rings. The average Bonchev–Trinajstić information content (AvgIpc) is 3.20. The van der Waals surface area contributed by atoms with Gasteiger partial charge in [-0.2, -0.15) is 0 Å². The molecule has 0 saturated carbocycles. The van der Waals surface area contributed by atoms with E-state index in [0.29, 0.717) is 0 Å². The maximum Gasteiger partial charge on any atom is 0.161 e. The fourth-order valence-electron chi connectivity index (χ4n) is 3.90. The summed E-state index contributed by atoms with van der Waals surface area (Å²) in [4.78, 5) is 2.51. The SMILES string of the molecule is CCCCCCCCCCCCOc1ccc(CN2CCCC2)cc1OC. The third-order valence-electron chi connectivity index (χ3n) is 5.59. The highest BCUT2D eigenvalue weighted by Crippen LogP contribution is 2.29. The normalized spacial score (nSPS) is 14.6. The molecule has 2 rings (SSSR count). The molecule has 3 heteroatoms. The van der Waals surface area contributed by atoms with Gasteiger partial charge in [0.15, 0.2) is 11.5 Å². The number of unbranched alkanes of at least 4 members (excludes halogenated alkanes) is 9. The van der Waals surface area contributed by atoms with Crippen LogP contribution in [0.1, 0.15) is 89.5 Å². The van der Waals surface area contributed by atoms with Gasteiger partial charge in [0.05, 0.1) is 13.7 Å². The summed E-state index contributed by atoms with van der Waals surface area (Å²) in [5.74, 6) is 1.76. The molecule has 0 unspecified atom stereocenters. The van der Waals surface area contributed by atoms with Crippen LogP contribution in [0.5, 0.6) is 11.5 Å². The molecule has 1 aromatic rings. The van der Waals surface area contributed by atoms with Gasteiger partial charge in [0.1, 0.15) is 0 Å². The molecular formula is C24H41NO2. The topological polar surface area (TPSA) is 21.7 Å². The van der Waals surface area contributed by atoms with Crippen LogP contribution >= 0.6 is 0 Å². The Morgan fingerprint density at radius 1 is 0.815 bits per heavy atom. The second kappa shape index (κ2) is 13.9. The molecule has 1 aliphatic heterocycles. The molecule has 0 spiro atoms. The van der Waals surface area contributed by atoms with Crippen LogP contribution in [0.2, 0.25) is 0 Å². The van der Waals surface area contributed by atoms with Crippen molar-refractivity contribution in [2.75, 3.05) is 26.8 Å². The number of ether oxygens (including phenoxy) is 2. The standard InChI is InChI=1S/C24H41NO2/c1-3-4-5-6-7-8-9-10-11-14-19-27-23-16-15-22(20-24(23)26-2)21-25-17-12-13-18-25/h15-16,20H,3-14,17-19,21H2,1-2H3. The lowest BCUT2D eigenvalue weighted by Crippen LogP contribution is -2.18. The highest BCUT2D eigenvalue weighted by Gasteiger charge is 2.13. The van der Waals surface area contributed by atoms with Crippen molar-refractivity contribution in [3.63, 3.8) is 0 Å². The Morgan fingerprint density at radius 2 is 1.44 bits per heavy atom. The molecule has 0 N–H and O–H groups in total. The second-order valence-electron chi connectivity index (χ2n) is 8.00. The lowest BCUT2D eigenvalue weighted by molar-refractivity contribution is 0.283. The molecule has 1 aromatic carbocycles. The van der Waals surface area contributed by atoms with Crippen molar-refractivity contribution < 1.29 is 9.47 Å². The van der Waals surface area contributed by atoms with Crippen LogP contribution in [-0.2, 0) is 6.54 Å². The number of nitrogens with zero attached hydrogens (tertiary/aromatic N) is 1. The number of benzene rings is 1. The molecule has 27 heavy (non-hydrogen) atoms. The van der Waals surface area contributed by atoms with Gasteiger partial charge in [-0.3, -0.25) is 4.90 Å². The highest BCUT2D eigenvalue weighted by molar-refractivity contribution is 5.43. The third-order valence-corrected chi connectivity index (χ3v) is 5.59. The van der Waals surface area contributed by atoms with Gasteiger partial charge in [0.25, 0.3) is 0 Å². The van der Waals surface area contributed by atoms with Crippen molar-refractivity contribution in [2.24, 2.45) is 0 Å². The van der Waals surface area contributed by atoms with Gasteiger partial charge in [-0.1, -0.05) is 70.8 Å². The zero-order valence-electron chi connectivity index (χ0n) is 17.8. The molecule has 0 amide bonds. The van der Waals surface area contributed by atoms with Crippen LogP contribution in [-0.4, -0.2) is 31.7 Å². The fourth-order valence-corrected chi connectivity index (χ4v) is 3.90. The van der Waals surface area contributed by atoms with Crippen molar-refractivity contribution in [2.45, 2.75) is 90.5 Å². The lowest BCUT2D eigenvalue weighted by atomic mass is 10.1. The fraction of sp³-hybridized carbons (Fsp3) is 0.750. The molecule has 0 aromatic heterocycles. The van der Waals surface area contributed by atoms with Gasteiger partial charge in [0, 0.05) is 6.54 Å². The maximum atomic E-state index is 5.99. The van der Waals surface area contributed by atoms with Crippen LogP contribution in [0, 0.1) is 0 Å². The average molecular weight is 376 g/mol. The lowest BCUT2D eigenvalue weighted by Gasteiger charge is -2.16. The first kappa shape index (κ1) is 22.1. The Morgan fingerprint density at radius 3 is 2.07 bits per heavy atom. The smallest absolute Gasteiger partial charge is 0.161 e. The van der Waals surface area contributed by atoms with E-state index in [2.05, 4.69) is 30.0 Å². The monoisotopic (exact) mass is 375 g/mol. The molecule has 1 heterocycles. The first-order valence-electron chi connectivity index (χ1n) is 11.4. The minimum Gasteiger partial charge on any atom is -0.493 e. The molecule has 3 nitrogen and oxygen atoms in total. The number of likely N-dealkylation sites (tertiary alicyclic amines) is 1. The molecule has 154 valence electrons. The Bertz CT molecular complexity index is 497. The summed E-state index contributed by atoms with van der Waals surface area (Å²) in [7, 11) is 1.74. The quantitative estimate of drug-likeness (QED) is 0.323. The van der Waals surface area contributed by atoms with E-state index < -0.39 is 0 Å². The molecule has 1 fully saturated rings. The van der Waals surface area contributed by atoms with Crippen molar-refractivity contribution in [3.05, 3.63) is 23.8 Å². The summed E-state index contributed by atoms with van der Waals surface area (Å²) in [6.07, 6.45) is 16.2. The summed E-state index contributed by atoms with van der Waals surface area (Å²) in [5, 5.41) is 0. The van der Waals surface area contributed by atoms with Gasteiger partial charge in [-0.05, 0) is 50.0 Å². The first-order chi connectivity index (χ1) is 13.3. The van der Waals surface area contributed by atoms with E-state index in [-0.39, 0.29) is 0 Å². The zero-order chi connectivity index (χ0) is 19.2. The molecular weight excluding hydrogens is 334 g/mol. The van der Waals surface area contributed by atoms with Crippen LogP contribution in [0.25, 0.3) is 0 Å². The number of rotatable bonds is 15. The van der Waals surface area contributed by atoms with Crippen molar-refractivity contribution in [1.82, 2.24) is 4.90 Å². The van der Waals surface area contributed by atoms with Gasteiger partial charge in [0.2, 0.25) is 0 Å². The molecule has 0 aliphatic carbocycles. The Balaban J connectivity index is 1.57. The van der Waals surface area contributed by atoms with Gasteiger partial charge < -0.3 is 9.47 Å². The zero-order valence-corrected chi connectivity index (χ0v) is 17.8. The third kappa shape index (κ3) is 9.01. The Kier molecular flexibility index (Phi) is 11.3. The van der Waals surface area contributed by atoms with E-state index in [1.807, 2.05) is 0 Å². The first-order valence-corrected chi connectivity index (χ1v) is 11.4. The minimum absolute atomic E-state index is 0.790. The predicted molar refractivity (Wildman–Crippen MR) is 115 cm³/mol. The number of methoxy groups -OCH3 is 1. The van der Waals surface area contributed by atoms with E-state index in [0.717, 1.165) is 31.1 Å². The largest absolute Gasteiger partial charge is 0.493 e. The van der Waals surface area contributed by atoms with Gasteiger partial charge in [-0.25, -0.2) is 0 Å². The van der Waals surface area contributed by atoms with Crippen LogP contribution < -0.4 is 9.47 Å². The minimum atomic E-state index is 0.790. The molecule has 0 bridgehead atoms. The van der Waals surface area contributed by atoms with Crippen LogP contribution in [0.4, 0.5) is 0 Å². The molecule has 0 atom stereocenters. The summed E-state index contributed by atoms with van der Waals surface area (Å²) in [6.45, 7) is 6.53. The summed E-state index contributed by atoms with van der Waals surface area (Å²) in [6, 6.07) is 6.42. The van der Waals surface area contributed by atoms with E-state index in [1.165, 1.54) is 89.3 Å². The van der Waals surface area contributed by atoms with Crippen molar-refractivity contribution in [1.29, 1.82) is 0 Å². The Hall–Kier alpha value is -1.22. The van der Waals surface area contributed by atoms with E-state index in [4.69, 9.17) is 9.47 Å². The van der Waals surface area contributed by atoms with Gasteiger partial charge in [-0.15, -0.1) is 0 Å². The van der Waals surface area contributed by atoms with E-state index in [9.17, 15) is 0 Å². The Labute approximate surface area is 167 Å². The van der Waals surface area contributed by atoms with Crippen LogP contribution in [0.15, 0.2) is 18.2 Å². The summed E-state index contributed by atoms with van der Waals surface area (Å²) < 4.78 is 11.5. The van der Waals surface area contributed by atoms with Gasteiger partial charge >= 0.3 is 0 Å². The number of hydrogen-bond acceptors (Lipinski definition) is 3. The highest BCUT2D eigenvalue weighted by atomic mass is 16.5.